The molecule has 7 heteroatoms. The van der Waals surface area contributed by atoms with Crippen LogP contribution >= 0.6 is 11.8 Å². The number of carbonyl (C=O) groups is 1. The molecule has 0 bridgehead atoms. The summed E-state index contributed by atoms with van der Waals surface area (Å²) in [7, 11) is 0. The fourth-order valence-electron chi connectivity index (χ4n) is 3.15. The second-order valence-electron chi connectivity index (χ2n) is 6.25. The zero-order valence-electron chi connectivity index (χ0n) is 14.3. The van der Waals surface area contributed by atoms with Gasteiger partial charge in [0.15, 0.2) is 5.16 Å². The number of imidazole rings is 1. The van der Waals surface area contributed by atoms with Crippen molar-refractivity contribution in [3.63, 3.8) is 0 Å². The van der Waals surface area contributed by atoms with E-state index >= 15 is 0 Å². The molecule has 1 saturated carbocycles. The van der Waals surface area contributed by atoms with Gasteiger partial charge in [-0.05, 0) is 31.9 Å². The number of H-pyrrole nitrogens is 1. The number of thioether (sulfide) groups is 1. The van der Waals surface area contributed by atoms with Crippen LogP contribution in [0.1, 0.15) is 39.0 Å². The normalized spacial score (nSPS) is 16.3. The van der Waals surface area contributed by atoms with Crippen LogP contribution in [-0.2, 0) is 4.79 Å². The molecule has 1 aromatic heterocycles. The van der Waals surface area contributed by atoms with E-state index in [0.717, 1.165) is 48.9 Å². The minimum Gasteiger partial charge on any atom is -0.494 e. The van der Waals surface area contributed by atoms with Crippen molar-refractivity contribution in [1.29, 1.82) is 5.26 Å². The molecule has 0 spiro atoms. The van der Waals surface area contributed by atoms with Gasteiger partial charge in [-0.15, -0.1) is 0 Å². The van der Waals surface area contributed by atoms with Crippen LogP contribution in [0, 0.1) is 11.3 Å². The van der Waals surface area contributed by atoms with Crippen molar-refractivity contribution in [2.75, 3.05) is 12.4 Å². The number of aromatic nitrogens is 2. The quantitative estimate of drug-likeness (QED) is 0.772. The molecule has 1 aliphatic carbocycles. The third-order valence-electron chi connectivity index (χ3n) is 4.38. The molecule has 0 unspecified atom stereocenters. The molecule has 1 heterocycles. The van der Waals surface area contributed by atoms with E-state index in [0.29, 0.717) is 11.8 Å². The number of fused-ring (bicyclic) bond motifs is 1. The third-order valence-corrected chi connectivity index (χ3v) is 5.26. The Morgan fingerprint density at radius 1 is 1.44 bits per heavy atom. The SMILES string of the molecule is CCOc1ccc2nc(SCC(=O)NC3(C#N)CCCCC3)[nH]c2c1. The van der Waals surface area contributed by atoms with Gasteiger partial charge in [0.1, 0.15) is 11.3 Å². The van der Waals surface area contributed by atoms with Crippen LogP contribution in [0.15, 0.2) is 23.4 Å². The first kappa shape index (κ1) is 17.6. The second kappa shape index (κ2) is 7.79. The summed E-state index contributed by atoms with van der Waals surface area (Å²) in [6.45, 7) is 2.55. The Balaban J connectivity index is 1.60. The highest BCUT2D eigenvalue weighted by Crippen LogP contribution is 2.28. The fourth-order valence-corrected chi connectivity index (χ4v) is 3.83. The van der Waals surface area contributed by atoms with Gasteiger partial charge in [-0.3, -0.25) is 4.79 Å². The van der Waals surface area contributed by atoms with Crippen molar-refractivity contribution < 1.29 is 9.53 Å². The average Bonchev–Trinajstić information content (AvgIpc) is 3.03. The summed E-state index contributed by atoms with van der Waals surface area (Å²) < 4.78 is 5.48. The molecule has 0 atom stereocenters. The van der Waals surface area contributed by atoms with Crippen LogP contribution in [0.3, 0.4) is 0 Å². The first-order valence-corrected chi connectivity index (χ1v) is 9.60. The lowest BCUT2D eigenvalue weighted by Crippen LogP contribution is -2.49. The number of hydrogen-bond donors (Lipinski definition) is 2. The largest absolute Gasteiger partial charge is 0.494 e. The monoisotopic (exact) mass is 358 g/mol. The summed E-state index contributed by atoms with van der Waals surface area (Å²) >= 11 is 1.34. The van der Waals surface area contributed by atoms with Crippen molar-refractivity contribution in [3.05, 3.63) is 18.2 Å². The van der Waals surface area contributed by atoms with E-state index in [1.165, 1.54) is 11.8 Å². The van der Waals surface area contributed by atoms with Crippen LogP contribution in [0.25, 0.3) is 11.0 Å². The van der Waals surface area contributed by atoms with Gasteiger partial charge in [-0.2, -0.15) is 5.26 Å². The Hall–Kier alpha value is -2.20. The van der Waals surface area contributed by atoms with E-state index in [1.54, 1.807) is 0 Å². The Bertz CT molecular complexity index is 790. The number of nitriles is 1. The molecule has 2 aromatic rings. The number of benzene rings is 1. The Morgan fingerprint density at radius 3 is 2.96 bits per heavy atom. The van der Waals surface area contributed by atoms with Crippen molar-refractivity contribution in [2.24, 2.45) is 0 Å². The molecule has 1 fully saturated rings. The van der Waals surface area contributed by atoms with E-state index in [-0.39, 0.29) is 11.7 Å². The van der Waals surface area contributed by atoms with E-state index in [4.69, 9.17) is 4.74 Å². The van der Waals surface area contributed by atoms with Crippen LogP contribution in [0.5, 0.6) is 5.75 Å². The molecule has 1 aliphatic rings. The topological polar surface area (TPSA) is 90.8 Å². The molecule has 3 rings (SSSR count). The highest BCUT2D eigenvalue weighted by Gasteiger charge is 2.33. The average molecular weight is 358 g/mol. The van der Waals surface area contributed by atoms with Gasteiger partial charge >= 0.3 is 0 Å². The first-order valence-electron chi connectivity index (χ1n) is 8.62. The molecular formula is C18H22N4O2S. The molecule has 6 nitrogen and oxygen atoms in total. The van der Waals surface area contributed by atoms with E-state index in [9.17, 15) is 10.1 Å². The van der Waals surface area contributed by atoms with Gasteiger partial charge in [0.2, 0.25) is 5.91 Å². The Morgan fingerprint density at radius 2 is 2.24 bits per heavy atom. The van der Waals surface area contributed by atoms with Gasteiger partial charge in [-0.1, -0.05) is 31.0 Å². The highest BCUT2D eigenvalue weighted by atomic mass is 32.2. The van der Waals surface area contributed by atoms with Crippen LogP contribution in [-0.4, -0.2) is 33.8 Å². The molecule has 2 N–H and O–H groups in total. The number of nitrogens with one attached hydrogen (secondary N) is 2. The fraction of sp³-hybridized carbons (Fsp3) is 0.500. The van der Waals surface area contributed by atoms with Crippen molar-refractivity contribution >= 4 is 28.7 Å². The minimum absolute atomic E-state index is 0.121. The molecule has 1 amide bonds. The highest BCUT2D eigenvalue weighted by molar-refractivity contribution is 7.99. The standard InChI is InChI=1S/C18H22N4O2S/c1-2-24-13-6-7-14-15(10-13)21-17(20-14)25-11-16(23)22-18(12-19)8-4-3-5-9-18/h6-7,10H,2-5,8-9,11H2,1H3,(H,20,21)(H,22,23). The summed E-state index contributed by atoms with van der Waals surface area (Å²) in [5.41, 5.74) is 1.04. The van der Waals surface area contributed by atoms with Gasteiger partial charge in [0.25, 0.3) is 0 Å². The summed E-state index contributed by atoms with van der Waals surface area (Å²) in [5.74, 6) is 0.909. The molecule has 132 valence electrons. The number of ether oxygens (including phenoxy) is 1. The lowest BCUT2D eigenvalue weighted by Gasteiger charge is -2.31. The first-order chi connectivity index (χ1) is 12.1. The molecular weight excluding hydrogens is 336 g/mol. The Labute approximate surface area is 151 Å². The van der Waals surface area contributed by atoms with Crippen molar-refractivity contribution in [3.8, 4) is 11.8 Å². The van der Waals surface area contributed by atoms with Crippen molar-refractivity contribution in [2.45, 2.75) is 49.7 Å². The smallest absolute Gasteiger partial charge is 0.231 e. The molecule has 0 aliphatic heterocycles. The number of amides is 1. The predicted octanol–water partition coefficient (Wildman–Crippen LogP) is 3.40. The van der Waals surface area contributed by atoms with Gasteiger partial charge < -0.3 is 15.0 Å². The summed E-state index contributed by atoms with van der Waals surface area (Å²) in [5, 5.41) is 13.1. The number of nitrogens with zero attached hydrogens (tertiary/aromatic N) is 2. The number of hydrogen-bond acceptors (Lipinski definition) is 5. The third kappa shape index (κ3) is 4.26. The van der Waals surface area contributed by atoms with Crippen LogP contribution in [0.4, 0.5) is 0 Å². The number of rotatable bonds is 6. The molecule has 0 saturated heterocycles. The Kier molecular flexibility index (Phi) is 5.49. The van der Waals surface area contributed by atoms with E-state index in [2.05, 4.69) is 21.4 Å². The van der Waals surface area contributed by atoms with Gasteiger partial charge in [0, 0.05) is 6.07 Å². The van der Waals surface area contributed by atoms with Crippen molar-refractivity contribution in [1.82, 2.24) is 15.3 Å². The van der Waals surface area contributed by atoms with Gasteiger partial charge in [0.05, 0.1) is 29.5 Å². The zero-order valence-corrected chi connectivity index (χ0v) is 15.1. The molecule has 25 heavy (non-hydrogen) atoms. The number of carbonyl (C=O) groups excluding carboxylic acids is 1. The second-order valence-corrected chi connectivity index (χ2v) is 7.21. The maximum absolute atomic E-state index is 12.3. The zero-order chi connectivity index (χ0) is 17.7. The number of aromatic amines is 1. The lowest BCUT2D eigenvalue weighted by atomic mass is 9.83. The van der Waals surface area contributed by atoms with Gasteiger partial charge in [-0.25, -0.2) is 4.98 Å². The summed E-state index contributed by atoms with van der Waals surface area (Å²) in [4.78, 5) is 19.9. The summed E-state index contributed by atoms with van der Waals surface area (Å²) in [6.07, 6.45) is 4.60. The van der Waals surface area contributed by atoms with Crippen LogP contribution < -0.4 is 10.1 Å². The predicted molar refractivity (Wildman–Crippen MR) is 97.6 cm³/mol. The lowest BCUT2D eigenvalue weighted by molar-refractivity contribution is -0.120. The minimum atomic E-state index is -0.684. The molecule has 1 aromatic carbocycles. The summed E-state index contributed by atoms with van der Waals surface area (Å²) in [6, 6.07) is 7.99. The maximum atomic E-state index is 12.3. The molecule has 0 radical (unpaired) electrons. The maximum Gasteiger partial charge on any atom is 0.231 e. The van der Waals surface area contributed by atoms with Crippen LogP contribution in [0.2, 0.25) is 0 Å². The van der Waals surface area contributed by atoms with E-state index < -0.39 is 5.54 Å². The van der Waals surface area contributed by atoms with E-state index in [1.807, 2.05) is 25.1 Å².